The minimum atomic E-state index is -0.828. The highest BCUT2D eigenvalue weighted by Crippen LogP contribution is 2.29. The predicted octanol–water partition coefficient (Wildman–Crippen LogP) is 0.817. The van der Waals surface area contributed by atoms with E-state index >= 15 is 0 Å². The van der Waals surface area contributed by atoms with E-state index in [0.29, 0.717) is 17.9 Å². The van der Waals surface area contributed by atoms with Crippen molar-refractivity contribution in [3.8, 4) is 0 Å². The summed E-state index contributed by atoms with van der Waals surface area (Å²) in [4.78, 5) is 45.4. The van der Waals surface area contributed by atoms with Crippen LogP contribution in [-0.2, 0) is 38.1 Å². The Morgan fingerprint density at radius 1 is 1.12 bits per heavy atom. The average molecular weight is 371 g/mol. The lowest BCUT2D eigenvalue weighted by Gasteiger charge is -2.33. The van der Waals surface area contributed by atoms with Gasteiger partial charge in [0.25, 0.3) is 0 Å². The fourth-order valence-electron chi connectivity index (χ4n) is 2.55. The van der Waals surface area contributed by atoms with Gasteiger partial charge in [0.1, 0.15) is 24.6 Å². The second-order valence-corrected chi connectivity index (χ2v) is 5.93. The van der Waals surface area contributed by atoms with E-state index in [9.17, 15) is 19.2 Å². The summed E-state index contributed by atoms with van der Waals surface area (Å²) in [6.07, 6.45) is -1.14. The molecule has 1 heterocycles. The van der Waals surface area contributed by atoms with Gasteiger partial charge < -0.3 is 24.3 Å². The molecule has 1 N–H and O–H groups in total. The Balaban J connectivity index is 3.19. The smallest absolute Gasteiger partial charge is 0.303 e. The molecule has 1 aliphatic heterocycles. The first kappa shape index (κ1) is 21.5. The number of amides is 1. The molecule has 1 rings (SSSR count). The molecule has 9 nitrogen and oxygen atoms in total. The minimum Gasteiger partial charge on any atom is -0.495 e. The fraction of sp³-hybridized carbons (Fsp3) is 0.647. The molecule has 1 aliphatic rings. The molecular formula is C17H25NO8. The summed E-state index contributed by atoms with van der Waals surface area (Å²) in [5.74, 6) is -2.18. The number of ether oxygens (including phenoxy) is 4. The van der Waals surface area contributed by atoms with Crippen LogP contribution in [0.5, 0.6) is 0 Å². The highest BCUT2D eigenvalue weighted by Gasteiger charge is 2.35. The van der Waals surface area contributed by atoms with E-state index in [1.165, 1.54) is 27.7 Å². The van der Waals surface area contributed by atoms with Crippen molar-refractivity contribution >= 4 is 23.8 Å². The first-order valence-corrected chi connectivity index (χ1v) is 8.24. The van der Waals surface area contributed by atoms with Crippen molar-refractivity contribution in [2.75, 3.05) is 13.2 Å². The van der Waals surface area contributed by atoms with E-state index in [0.717, 1.165) is 0 Å². The van der Waals surface area contributed by atoms with E-state index in [4.69, 9.17) is 18.9 Å². The quantitative estimate of drug-likeness (QED) is 0.516. The van der Waals surface area contributed by atoms with Crippen molar-refractivity contribution in [3.05, 3.63) is 11.5 Å². The standard InChI is InChI=1S/C17H25NO8/c1-9(15(26-13(5)22)8-24-11(3)20)17-16(18-10(2)19)14(6-7-23-17)25-12(4)21/h9,14-15H,6-8H2,1-5H3,(H,18,19)/t9-,14?,15-/m1/s1. The molecule has 0 aromatic heterocycles. The van der Waals surface area contributed by atoms with Crippen molar-refractivity contribution in [2.45, 2.75) is 53.2 Å². The summed E-state index contributed by atoms with van der Waals surface area (Å²) in [6, 6.07) is 0. The number of hydrogen-bond donors (Lipinski definition) is 1. The number of carbonyl (C=O) groups excluding carboxylic acids is 4. The van der Waals surface area contributed by atoms with Gasteiger partial charge in [-0.3, -0.25) is 19.2 Å². The summed E-state index contributed by atoms with van der Waals surface area (Å²) in [5.41, 5.74) is 0.298. The van der Waals surface area contributed by atoms with Gasteiger partial charge in [0.15, 0.2) is 0 Å². The summed E-state index contributed by atoms with van der Waals surface area (Å²) in [5, 5.41) is 2.63. The number of esters is 3. The first-order valence-electron chi connectivity index (χ1n) is 8.24. The lowest BCUT2D eigenvalue weighted by atomic mass is 9.96. The van der Waals surface area contributed by atoms with Crippen LogP contribution in [0, 0.1) is 5.92 Å². The molecule has 26 heavy (non-hydrogen) atoms. The molecule has 0 saturated carbocycles. The Kier molecular flexibility index (Phi) is 8.08. The lowest BCUT2D eigenvalue weighted by molar-refractivity contribution is -0.159. The Morgan fingerprint density at radius 3 is 2.27 bits per heavy atom. The molecule has 3 atom stereocenters. The fourth-order valence-corrected chi connectivity index (χ4v) is 2.55. The molecule has 9 heteroatoms. The minimum absolute atomic E-state index is 0.172. The molecule has 0 fully saturated rings. The summed E-state index contributed by atoms with van der Waals surface area (Å²) in [6.45, 7) is 6.84. The Bertz CT molecular complexity index is 598. The zero-order chi connectivity index (χ0) is 19.9. The van der Waals surface area contributed by atoms with Crippen molar-refractivity contribution in [1.82, 2.24) is 5.32 Å². The number of carbonyl (C=O) groups is 4. The largest absolute Gasteiger partial charge is 0.495 e. The molecule has 0 spiro atoms. The van der Waals surface area contributed by atoms with Gasteiger partial charge in [-0.15, -0.1) is 0 Å². The van der Waals surface area contributed by atoms with Crippen LogP contribution in [-0.4, -0.2) is 49.2 Å². The van der Waals surface area contributed by atoms with Crippen LogP contribution in [0.3, 0.4) is 0 Å². The van der Waals surface area contributed by atoms with Gasteiger partial charge in [-0.1, -0.05) is 6.92 Å². The zero-order valence-corrected chi connectivity index (χ0v) is 15.6. The third-order valence-electron chi connectivity index (χ3n) is 3.58. The second kappa shape index (κ2) is 9.79. The highest BCUT2D eigenvalue weighted by molar-refractivity contribution is 5.75. The average Bonchev–Trinajstić information content (AvgIpc) is 2.51. The zero-order valence-electron chi connectivity index (χ0n) is 15.6. The van der Waals surface area contributed by atoms with Crippen LogP contribution in [0.25, 0.3) is 0 Å². The summed E-state index contributed by atoms with van der Waals surface area (Å²) < 4.78 is 21.1. The van der Waals surface area contributed by atoms with E-state index in [2.05, 4.69) is 5.32 Å². The Labute approximate surface area is 152 Å². The van der Waals surface area contributed by atoms with E-state index in [-0.39, 0.29) is 19.1 Å². The molecule has 0 bridgehead atoms. The molecule has 1 unspecified atom stereocenters. The van der Waals surface area contributed by atoms with Crippen LogP contribution in [0.2, 0.25) is 0 Å². The van der Waals surface area contributed by atoms with Crippen LogP contribution >= 0.6 is 0 Å². The van der Waals surface area contributed by atoms with Gasteiger partial charge in [-0.2, -0.15) is 0 Å². The number of nitrogens with one attached hydrogen (secondary N) is 1. The van der Waals surface area contributed by atoms with Crippen molar-refractivity contribution in [2.24, 2.45) is 5.92 Å². The van der Waals surface area contributed by atoms with Gasteiger partial charge >= 0.3 is 17.9 Å². The maximum atomic E-state index is 11.6. The monoisotopic (exact) mass is 371 g/mol. The van der Waals surface area contributed by atoms with Crippen LogP contribution < -0.4 is 5.32 Å². The maximum Gasteiger partial charge on any atom is 0.303 e. The molecule has 0 radical (unpaired) electrons. The molecule has 0 aromatic rings. The van der Waals surface area contributed by atoms with Gasteiger partial charge in [0, 0.05) is 34.1 Å². The molecule has 0 saturated heterocycles. The molecule has 0 aromatic carbocycles. The third-order valence-corrected chi connectivity index (χ3v) is 3.58. The van der Waals surface area contributed by atoms with Crippen molar-refractivity contribution in [1.29, 1.82) is 0 Å². The number of rotatable bonds is 7. The second-order valence-electron chi connectivity index (χ2n) is 5.93. The van der Waals surface area contributed by atoms with Crippen LogP contribution in [0.15, 0.2) is 11.5 Å². The van der Waals surface area contributed by atoms with Gasteiger partial charge in [0.2, 0.25) is 5.91 Å². The lowest BCUT2D eigenvalue weighted by Crippen LogP contribution is -2.40. The SMILES string of the molecule is CC(=O)NC1=C([C@H](C)[C@@H](COC(C)=O)OC(C)=O)OCCC1OC(C)=O. The topological polar surface area (TPSA) is 117 Å². The molecule has 146 valence electrons. The predicted molar refractivity (Wildman–Crippen MR) is 88.3 cm³/mol. The first-order chi connectivity index (χ1) is 12.1. The van der Waals surface area contributed by atoms with Crippen molar-refractivity contribution < 1.29 is 38.1 Å². The van der Waals surface area contributed by atoms with Gasteiger partial charge in [-0.25, -0.2) is 0 Å². The molecule has 1 amide bonds. The maximum absolute atomic E-state index is 11.6. The van der Waals surface area contributed by atoms with E-state index in [1.807, 2.05) is 0 Å². The highest BCUT2D eigenvalue weighted by atomic mass is 16.6. The van der Waals surface area contributed by atoms with Gasteiger partial charge in [0.05, 0.1) is 18.2 Å². The molecule has 0 aliphatic carbocycles. The van der Waals surface area contributed by atoms with Crippen LogP contribution in [0.4, 0.5) is 0 Å². The van der Waals surface area contributed by atoms with Gasteiger partial charge in [-0.05, 0) is 0 Å². The number of hydrogen-bond acceptors (Lipinski definition) is 8. The van der Waals surface area contributed by atoms with E-state index in [1.54, 1.807) is 6.92 Å². The molecular weight excluding hydrogens is 346 g/mol. The summed E-state index contributed by atoms with van der Waals surface area (Å²) >= 11 is 0. The van der Waals surface area contributed by atoms with Crippen molar-refractivity contribution in [3.63, 3.8) is 0 Å². The normalized spacial score (nSPS) is 18.9. The Hall–Kier alpha value is -2.58. The summed E-state index contributed by atoms with van der Waals surface area (Å²) in [7, 11) is 0. The van der Waals surface area contributed by atoms with E-state index < -0.39 is 36.0 Å². The van der Waals surface area contributed by atoms with Crippen LogP contribution in [0.1, 0.15) is 41.0 Å². The third kappa shape index (κ3) is 6.73. The Morgan fingerprint density at radius 2 is 1.77 bits per heavy atom.